The van der Waals surface area contributed by atoms with Crippen LogP contribution >= 0.6 is 10.7 Å². The first-order valence-corrected chi connectivity index (χ1v) is 12.8. The summed E-state index contributed by atoms with van der Waals surface area (Å²) in [6.45, 7) is 8.34. The number of benzene rings is 2. The van der Waals surface area contributed by atoms with Gasteiger partial charge in [0.1, 0.15) is 0 Å². The summed E-state index contributed by atoms with van der Waals surface area (Å²) in [5, 5.41) is 5.03. The van der Waals surface area contributed by atoms with Gasteiger partial charge in [0.15, 0.2) is 0 Å². The van der Waals surface area contributed by atoms with Gasteiger partial charge in [-0.15, -0.1) is 0 Å². The molecule has 8 heteroatoms. The van der Waals surface area contributed by atoms with E-state index in [1.54, 1.807) is 24.3 Å². The zero-order valence-electron chi connectivity index (χ0n) is 16.6. The van der Waals surface area contributed by atoms with Crippen LogP contribution in [0.5, 0.6) is 0 Å². The molecule has 2 N–H and O–H groups in total. The molecule has 0 atom stereocenters. The molecule has 0 unspecified atom stereocenters. The van der Waals surface area contributed by atoms with Gasteiger partial charge >= 0.3 is 0 Å². The third-order valence-corrected chi connectivity index (χ3v) is 5.96. The average molecular weight is 446 g/mol. The fraction of sp³-hybridized carbons (Fsp3) is 0.400. The quantitative estimate of drug-likeness (QED) is 0.669. The monoisotopic (exact) mass is 445 g/mol. The molecule has 2 rings (SSSR count). The molecule has 0 heterocycles. The van der Waals surface area contributed by atoms with E-state index in [4.69, 9.17) is 15.8 Å². The van der Waals surface area contributed by atoms with Gasteiger partial charge in [-0.3, -0.25) is 0 Å². The first-order chi connectivity index (χ1) is 12.8. The lowest BCUT2D eigenvalue weighted by atomic mass is 10.0. The van der Waals surface area contributed by atoms with Crippen molar-refractivity contribution in [2.45, 2.75) is 50.3 Å². The minimum Gasteiger partial charge on any atom is -0.225 e. The maximum absolute atomic E-state index is 11.0. The Bertz CT molecular complexity index is 903. The number of hydrogen-bond acceptors (Lipinski definition) is 4. The SMILES string of the molecule is CC(C)Cc1cccc(S(=O)(=O)Cl)c1.CC(C)Cc1cccc(S(N)(=O)=O)c1. The molecule has 0 saturated heterocycles. The lowest BCUT2D eigenvalue weighted by Gasteiger charge is -2.06. The molecular weight excluding hydrogens is 418 g/mol. The molecule has 2 aromatic carbocycles. The van der Waals surface area contributed by atoms with Gasteiger partial charge in [0, 0.05) is 10.7 Å². The normalized spacial score (nSPS) is 12.0. The predicted molar refractivity (Wildman–Crippen MR) is 114 cm³/mol. The molecule has 0 aliphatic heterocycles. The first kappa shape index (κ1) is 24.6. The molecule has 0 spiro atoms. The number of rotatable bonds is 6. The van der Waals surface area contributed by atoms with Gasteiger partial charge in [-0.1, -0.05) is 52.0 Å². The molecule has 156 valence electrons. The van der Waals surface area contributed by atoms with E-state index in [9.17, 15) is 16.8 Å². The number of halogens is 1. The largest absolute Gasteiger partial charge is 0.261 e. The van der Waals surface area contributed by atoms with Crippen molar-refractivity contribution in [2.24, 2.45) is 17.0 Å². The fourth-order valence-electron chi connectivity index (χ4n) is 2.62. The zero-order valence-corrected chi connectivity index (χ0v) is 19.0. The van der Waals surface area contributed by atoms with E-state index in [0.29, 0.717) is 11.8 Å². The van der Waals surface area contributed by atoms with Crippen molar-refractivity contribution < 1.29 is 16.8 Å². The highest BCUT2D eigenvalue weighted by Gasteiger charge is 2.10. The van der Waals surface area contributed by atoms with E-state index in [1.807, 2.05) is 12.1 Å². The van der Waals surface area contributed by atoms with Crippen LogP contribution < -0.4 is 5.14 Å². The van der Waals surface area contributed by atoms with Gasteiger partial charge in [-0.2, -0.15) is 0 Å². The Hall–Kier alpha value is -1.41. The van der Waals surface area contributed by atoms with Gasteiger partial charge in [0.05, 0.1) is 9.79 Å². The van der Waals surface area contributed by atoms with Gasteiger partial charge in [0.2, 0.25) is 10.0 Å². The van der Waals surface area contributed by atoms with Crippen molar-refractivity contribution in [1.82, 2.24) is 0 Å². The maximum atomic E-state index is 11.0. The highest BCUT2D eigenvalue weighted by molar-refractivity contribution is 8.13. The van der Waals surface area contributed by atoms with E-state index >= 15 is 0 Å². The number of hydrogen-bond donors (Lipinski definition) is 1. The summed E-state index contributed by atoms with van der Waals surface area (Å²) in [5.41, 5.74) is 2.01. The molecule has 0 aliphatic rings. The number of sulfonamides is 1. The van der Waals surface area contributed by atoms with Gasteiger partial charge in [-0.25, -0.2) is 22.0 Å². The first-order valence-electron chi connectivity index (χ1n) is 8.94. The van der Waals surface area contributed by atoms with Crippen molar-refractivity contribution in [2.75, 3.05) is 0 Å². The summed E-state index contributed by atoms with van der Waals surface area (Å²) in [4.78, 5) is 0.368. The Morgan fingerprint density at radius 1 is 0.786 bits per heavy atom. The van der Waals surface area contributed by atoms with Crippen LogP contribution in [-0.2, 0) is 31.9 Å². The Balaban J connectivity index is 0.000000280. The second-order valence-corrected chi connectivity index (χ2v) is 11.6. The van der Waals surface area contributed by atoms with Crippen molar-refractivity contribution in [3.63, 3.8) is 0 Å². The molecule has 0 aromatic heterocycles. The van der Waals surface area contributed by atoms with Crippen LogP contribution in [0.15, 0.2) is 58.3 Å². The second-order valence-electron chi connectivity index (χ2n) is 7.47. The lowest BCUT2D eigenvalue weighted by Crippen LogP contribution is -2.12. The summed E-state index contributed by atoms with van der Waals surface area (Å²) in [6.07, 6.45) is 1.73. The van der Waals surface area contributed by atoms with Crippen molar-refractivity contribution in [1.29, 1.82) is 0 Å². The lowest BCUT2D eigenvalue weighted by molar-refractivity contribution is 0.596. The van der Waals surface area contributed by atoms with Crippen LogP contribution in [0, 0.1) is 11.8 Å². The summed E-state index contributed by atoms with van der Waals surface area (Å²) >= 11 is 0. The third-order valence-electron chi connectivity index (χ3n) is 3.69. The molecule has 5 nitrogen and oxygen atoms in total. The summed E-state index contributed by atoms with van der Waals surface area (Å²) in [7, 11) is -1.91. The summed E-state index contributed by atoms with van der Waals surface area (Å²) in [6, 6.07) is 13.5. The molecule has 0 aliphatic carbocycles. The molecule has 28 heavy (non-hydrogen) atoms. The van der Waals surface area contributed by atoms with E-state index < -0.39 is 19.1 Å². The summed E-state index contributed by atoms with van der Waals surface area (Å²) in [5.74, 6) is 1.01. The topological polar surface area (TPSA) is 94.3 Å². The molecular formula is C20H28ClNO4S2. The van der Waals surface area contributed by atoms with Crippen molar-refractivity contribution >= 4 is 29.8 Å². The van der Waals surface area contributed by atoms with E-state index in [-0.39, 0.29) is 9.79 Å². The Morgan fingerprint density at radius 2 is 1.18 bits per heavy atom. The summed E-state index contributed by atoms with van der Waals surface area (Å²) < 4.78 is 44.2. The Morgan fingerprint density at radius 3 is 1.54 bits per heavy atom. The smallest absolute Gasteiger partial charge is 0.225 e. The minimum atomic E-state index is -3.59. The highest BCUT2D eigenvalue weighted by Crippen LogP contribution is 2.18. The Labute approximate surface area is 173 Å². The molecule has 0 saturated carbocycles. The van der Waals surface area contributed by atoms with Crippen LogP contribution in [0.3, 0.4) is 0 Å². The van der Waals surface area contributed by atoms with Crippen LogP contribution in [0.4, 0.5) is 0 Å². The van der Waals surface area contributed by atoms with Gasteiger partial charge < -0.3 is 0 Å². The van der Waals surface area contributed by atoms with Gasteiger partial charge in [0.25, 0.3) is 9.05 Å². The standard InChI is InChI=1S/C10H13ClO2S.C10H15NO2S/c2*1-8(2)6-9-4-3-5-10(7-9)14(11,12)13/h3-5,7-8H,6H2,1-2H3;3-5,7-8H,6H2,1-2H3,(H2,11,12,13). The minimum absolute atomic E-state index is 0.178. The van der Waals surface area contributed by atoms with E-state index in [1.165, 1.54) is 12.1 Å². The van der Waals surface area contributed by atoms with Crippen LogP contribution in [0.2, 0.25) is 0 Å². The number of nitrogens with two attached hydrogens (primary N) is 1. The molecule has 0 radical (unpaired) electrons. The van der Waals surface area contributed by atoms with Crippen LogP contribution in [-0.4, -0.2) is 16.8 Å². The second kappa shape index (κ2) is 10.4. The third kappa shape index (κ3) is 9.19. The van der Waals surface area contributed by atoms with Crippen molar-refractivity contribution in [3.8, 4) is 0 Å². The number of primary sulfonamides is 1. The predicted octanol–water partition coefficient (Wildman–Crippen LogP) is 4.35. The molecule has 0 fully saturated rings. The molecule has 2 aromatic rings. The maximum Gasteiger partial charge on any atom is 0.261 e. The zero-order chi connectivity index (χ0) is 21.5. The van der Waals surface area contributed by atoms with E-state index in [2.05, 4.69) is 27.7 Å². The van der Waals surface area contributed by atoms with Crippen molar-refractivity contribution in [3.05, 3.63) is 59.7 Å². The highest BCUT2D eigenvalue weighted by atomic mass is 35.7. The van der Waals surface area contributed by atoms with Gasteiger partial charge in [-0.05, 0) is 60.1 Å². The van der Waals surface area contributed by atoms with Crippen LogP contribution in [0.1, 0.15) is 38.8 Å². The van der Waals surface area contributed by atoms with Crippen LogP contribution in [0.25, 0.3) is 0 Å². The van der Waals surface area contributed by atoms with E-state index in [0.717, 1.165) is 24.0 Å². The average Bonchev–Trinajstić information content (AvgIpc) is 2.53. The molecule has 0 amide bonds. The fourth-order valence-corrected chi connectivity index (χ4v) is 4.02. The Kier molecular flexibility index (Phi) is 9.14. The molecule has 0 bridgehead atoms.